The van der Waals surface area contributed by atoms with Crippen LogP contribution >= 0.6 is 0 Å². The van der Waals surface area contributed by atoms with Gasteiger partial charge in [-0.15, -0.1) is 0 Å². The molecule has 1 aromatic heterocycles. The minimum atomic E-state index is -0.448. The zero-order valence-electron chi connectivity index (χ0n) is 14.9. The molecule has 5 rings (SSSR count). The van der Waals surface area contributed by atoms with Crippen LogP contribution in [0, 0.1) is 0 Å². The molecule has 1 atom stereocenters. The number of amides is 1. The molecule has 1 fully saturated rings. The normalized spacial score (nSPS) is 18.3. The van der Waals surface area contributed by atoms with Gasteiger partial charge in [-0.25, -0.2) is 0 Å². The predicted octanol–water partition coefficient (Wildman–Crippen LogP) is 2.68. The Morgan fingerprint density at radius 2 is 1.93 bits per heavy atom. The van der Waals surface area contributed by atoms with Gasteiger partial charge in [-0.3, -0.25) is 4.79 Å². The van der Waals surface area contributed by atoms with Gasteiger partial charge in [0.2, 0.25) is 12.6 Å². The summed E-state index contributed by atoms with van der Waals surface area (Å²) in [5.41, 5.74) is 1.36. The average Bonchev–Trinajstić information content (AvgIpc) is 3.43. The Labute approximate surface area is 160 Å². The third-order valence-corrected chi connectivity index (χ3v) is 4.77. The van der Waals surface area contributed by atoms with E-state index in [1.807, 2.05) is 30.3 Å². The quantitative estimate of drug-likeness (QED) is 0.691. The van der Waals surface area contributed by atoms with Crippen molar-refractivity contribution in [3.05, 3.63) is 60.0 Å². The first-order valence-corrected chi connectivity index (χ1v) is 8.97. The topological polar surface area (TPSA) is 86.9 Å². The molecule has 1 saturated heterocycles. The van der Waals surface area contributed by atoms with Crippen molar-refractivity contribution in [2.75, 3.05) is 26.6 Å². The van der Waals surface area contributed by atoms with Crippen LogP contribution in [0.5, 0.6) is 11.5 Å². The maximum atomic E-state index is 13.1. The molecule has 142 valence electrons. The van der Waals surface area contributed by atoms with Crippen molar-refractivity contribution in [3.63, 3.8) is 0 Å². The van der Waals surface area contributed by atoms with Gasteiger partial charge in [0, 0.05) is 17.7 Å². The highest BCUT2D eigenvalue weighted by Crippen LogP contribution is 2.34. The minimum absolute atomic E-state index is 0.147. The number of ether oxygens (including phenoxy) is 3. The highest BCUT2D eigenvalue weighted by Gasteiger charge is 2.34. The largest absolute Gasteiger partial charge is 0.454 e. The van der Waals surface area contributed by atoms with Crippen molar-refractivity contribution in [1.29, 1.82) is 0 Å². The molecule has 1 unspecified atom stereocenters. The Kier molecular flexibility index (Phi) is 4.17. The van der Waals surface area contributed by atoms with Gasteiger partial charge < -0.3 is 23.6 Å². The van der Waals surface area contributed by atoms with Crippen molar-refractivity contribution in [2.45, 2.75) is 6.04 Å². The van der Waals surface area contributed by atoms with Crippen LogP contribution in [0.25, 0.3) is 11.4 Å². The molecule has 0 radical (unpaired) electrons. The molecule has 3 aromatic rings. The second-order valence-corrected chi connectivity index (χ2v) is 6.48. The van der Waals surface area contributed by atoms with Crippen LogP contribution in [0.3, 0.4) is 0 Å². The number of carbonyl (C=O) groups is 1. The summed E-state index contributed by atoms with van der Waals surface area (Å²) >= 11 is 0. The van der Waals surface area contributed by atoms with E-state index in [-0.39, 0.29) is 12.7 Å². The van der Waals surface area contributed by atoms with Crippen LogP contribution in [0.1, 0.15) is 22.3 Å². The Balaban J connectivity index is 1.42. The molecule has 8 heteroatoms. The van der Waals surface area contributed by atoms with Crippen LogP contribution in [0.15, 0.2) is 53.1 Å². The van der Waals surface area contributed by atoms with E-state index in [9.17, 15) is 4.79 Å². The van der Waals surface area contributed by atoms with Gasteiger partial charge in [0.05, 0.1) is 13.2 Å². The number of morpholine rings is 1. The molecule has 0 bridgehead atoms. The van der Waals surface area contributed by atoms with Crippen LogP contribution < -0.4 is 9.47 Å². The maximum Gasteiger partial charge on any atom is 0.254 e. The number of aromatic nitrogens is 2. The lowest BCUT2D eigenvalue weighted by Gasteiger charge is -2.33. The summed E-state index contributed by atoms with van der Waals surface area (Å²) < 4.78 is 21.7. The lowest BCUT2D eigenvalue weighted by atomic mass is 10.1. The molecule has 2 aliphatic heterocycles. The molecule has 8 nitrogen and oxygen atoms in total. The zero-order chi connectivity index (χ0) is 18.9. The molecule has 0 saturated carbocycles. The second-order valence-electron chi connectivity index (χ2n) is 6.48. The first kappa shape index (κ1) is 16.8. The summed E-state index contributed by atoms with van der Waals surface area (Å²) in [5.74, 6) is 1.90. The Morgan fingerprint density at radius 3 is 2.82 bits per heavy atom. The molecule has 0 spiro atoms. The molecule has 3 heterocycles. The van der Waals surface area contributed by atoms with E-state index >= 15 is 0 Å². The number of carbonyl (C=O) groups excluding carboxylic acids is 1. The second kappa shape index (κ2) is 6.97. The van der Waals surface area contributed by atoms with Gasteiger partial charge in [0.25, 0.3) is 11.8 Å². The monoisotopic (exact) mass is 379 g/mol. The average molecular weight is 379 g/mol. The number of hydrogen-bond donors (Lipinski definition) is 0. The van der Waals surface area contributed by atoms with Gasteiger partial charge >= 0.3 is 0 Å². The van der Waals surface area contributed by atoms with Crippen LogP contribution in [-0.4, -0.2) is 47.5 Å². The summed E-state index contributed by atoms with van der Waals surface area (Å²) in [6, 6.07) is 14.3. The lowest BCUT2D eigenvalue weighted by Crippen LogP contribution is -2.43. The van der Waals surface area contributed by atoms with Gasteiger partial charge in [-0.05, 0) is 18.2 Å². The molecule has 1 amide bonds. The minimum Gasteiger partial charge on any atom is -0.454 e. The van der Waals surface area contributed by atoms with Gasteiger partial charge in [-0.2, -0.15) is 4.98 Å². The standard InChI is InChI=1S/C20H17N3O5/c24-20(14-6-7-16-17(10-14)27-12-26-16)23-8-9-25-11-15(23)19-21-18(22-28-19)13-4-2-1-3-5-13/h1-7,10,15H,8-9,11-12H2. The fourth-order valence-corrected chi connectivity index (χ4v) is 3.32. The van der Waals surface area contributed by atoms with E-state index < -0.39 is 6.04 Å². The van der Waals surface area contributed by atoms with Crippen molar-refractivity contribution in [2.24, 2.45) is 0 Å². The third kappa shape index (κ3) is 2.97. The van der Waals surface area contributed by atoms with E-state index in [4.69, 9.17) is 18.7 Å². The van der Waals surface area contributed by atoms with Crippen LogP contribution in [0.4, 0.5) is 0 Å². The SMILES string of the molecule is O=C(c1ccc2c(c1)OCO2)N1CCOCC1c1nc(-c2ccccc2)no1. The molecular weight excluding hydrogens is 362 g/mol. The van der Waals surface area contributed by atoms with E-state index in [0.717, 1.165) is 5.56 Å². The molecule has 28 heavy (non-hydrogen) atoms. The lowest BCUT2D eigenvalue weighted by molar-refractivity contribution is -0.0119. The summed E-state index contributed by atoms with van der Waals surface area (Å²) in [6.45, 7) is 1.34. The van der Waals surface area contributed by atoms with Crippen LogP contribution in [-0.2, 0) is 4.74 Å². The van der Waals surface area contributed by atoms with E-state index in [0.29, 0.717) is 48.5 Å². The van der Waals surface area contributed by atoms with Crippen molar-refractivity contribution >= 4 is 5.91 Å². The van der Waals surface area contributed by atoms with Crippen LogP contribution in [0.2, 0.25) is 0 Å². The van der Waals surface area contributed by atoms with Gasteiger partial charge in [0.15, 0.2) is 11.5 Å². The summed E-state index contributed by atoms with van der Waals surface area (Å²) in [7, 11) is 0. The number of nitrogens with zero attached hydrogens (tertiary/aromatic N) is 3. The van der Waals surface area contributed by atoms with Gasteiger partial charge in [-0.1, -0.05) is 35.5 Å². The first-order chi connectivity index (χ1) is 13.8. The van der Waals surface area contributed by atoms with E-state index in [1.165, 1.54) is 0 Å². The van der Waals surface area contributed by atoms with E-state index in [2.05, 4.69) is 10.1 Å². The Morgan fingerprint density at radius 1 is 1.07 bits per heavy atom. The molecular formula is C20H17N3O5. The summed E-state index contributed by atoms with van der Waals surface area (Å²) in [4.78, 5) is 19.3. The number of benzene rings is 2. The highest BCUT2D eigenvalue weighted by molar-refractivity contribution is 5.95. The van der Waals surface area contributed by atoms with Gasteiger partial charge in [0.1, 0.15) is 6.04 Å². The van der Waals surface area contributed by atoms with Crippen molar-refractivity contribution < 1.29 is 23.5 Å². The molecule has 0 N–H and O–H groups in total. The number of hydrogen-bond acceptors (Lipinski definition) is 7. The predicted molar refractivity (Wildman–Crippen MR) is 96.9 cm³/mol. The maximum absolute atomic E-state index is 13.1. The van der Waals surface area contributed by atoms with E-state index in [1.54, 1.807) is 23.1 Å². The molecule has 2 aliphatic rings. The summed E-state index contributed by atoms with van der Waals surface area (Å²) in [5, 5.41) is 4.06. The fraction of sp³-hybridized carbons (Fsp3) is 0.250. The number of fused-ring (bicyclic) bond motifs is 1. The van der Waals surface area contributed by atoms with Crippen molar-refractivity contribution in [1.82, 2.24) is 15.0 Å². The summed E-state index contributed by atoms with van der Waals surface area (Å²) in [6.07, 6.45) is 0. The Hall–Kier alpha value is -3.39. The highest BCUT2D eigenvalue weighted by atomic mass is 16.7. The molecule has 2 aromatic carbocycles. The Bertz CT molecular complexity index is 1000. The third-order valence-electron chi connectivity index (χ3n) is 4.77. The van der Waals surface area contributed by atoms with Crippen molar-refractivity contribution in [3.8, 4) is 22.9 Å². The zero-order valence-corrected chi connectivity index (χ0v) is 14.9. The molecule has 0 aliphatic carbocycles. The number of rotatable bonds is 3. The smallest absolute Gasteiger partial charge is 0.254 e. The fourth-order valence-electron chi connectivity index (χ4n) is 3.32. The first-order valence-electron chi connectivity index (χ1n) is 8.97.